The number of rotatable bonds is 24. The molecule has 10 heteroatoms. The van der Waals surface area contributed by atoms with Crippen LogP contribution < -0.4 is 10.6 Å². The first kappa shape index (κ1) is 50.2. The number of hydrogen-bond acceptors (Lipinski definition) is 7. The molecule has 0 aromatic carbocycles. The molecule has 4 unspecified atom stereocenters. The Morgan fingerprint density at radius 3 is 1.62 bits per heavy atom. The van der Waals surface area contributed by atoms with Gasteiger partial charge < -0.3 is 25.4 Å². The molecule has 0 saturated carbocycles. The van der Waals surface area contributed by atoms with Crippen LogP contribution in [0.5, 0.6) is 0 Å². The van der Waals surface area contributed by atoms with Gasteiger partial charge in [-0.2, -0.15) is 0 Å². The fourth-order valence-electron chi connectivity index (χ4n) is 9.80. The summed E-state index contributed by atoms with van der Waals surface area (Å²) in [7, 11) is 0. The maximum Gasteiger partial charge on any atom is 0.303 e. The van der Waals surface area contributed by atoms with Crippen LogP contribution in [0.25, 0.3) is 18.4 Å². The summed E-state index contributed by atoms with van der Waals surface area (Å²) >= 11 is 0. The van der Waals surface area contributed by atoms with Crippen LogP contribution >= 0.6 is 0 Å². The van der Waals surface area contributed by atoms with Gasteiger partial charge in [0.1, 0.15) is 0 Å². The average molecular weight is 877 g/mol. The summed E-state index contributed by atoms with van der Waals surface area (Å²) in [6.45, 7) is 19.9. The Morgan fingerprint density at radius 2 is 1.09 bits per heavy atom. The van der Waals surface area contributed by atoms with Crippen molar-refractivity contribution in [1.29, 1.82) is 0 Å². The first-order valence-corrected chi connectivity index (χ1v) is 24.2. The zero-order chi connectivity index (χ0) is 46.7. The number of aliphatic carboxylic acids is 2. The van der Waals surface area contributed by atoms with Crippen LogP contribution in [0.1, 0.15) is 176 Å². The van der Waals surface area contributed by atoms with Gasteiger partial charge in [0.25, 0.3) is 0 Å². The molecular weight excluding hydrogens is 801 g/mol. The Morgan fingerprint density at radius 1 is 0.625 bits per heavy atom. The van der Waals surface area contributed by atoms with Crippen LogP contribution in [0.4, 0.5) is 0 Å². The summed E-state index contributed by atoms with van der Waals surface area (Å²) in [6, 6.07) is 0. The van der Waals surface area contributed by atoms with Crippen molar-refractivity contribution in [3.8, 4) is 0 Å². The Bertz CT molecular complexity index is 2320. The number of aromatic nitrogens is 1. The highest BCUT2D eigenvalue weighted by Crippen LogP contribution is 2.37. The lowest BCUT2D eigenvalue weighted by molar-refractivity contribution is -0.138. The number of carboxylic acid groups (broad SMARTS) is 2. The Labute approximate surface area is 382 Å². The second-order valence-corrected chi connectivity index (χ2v) is 19.5. The van der Waals surface area contributed by atoms with E-state index in [0.29, 0.717) is 57.0 Å². The highest BCUT2D eigenvalue weighted by Gasteiger charge is 2.29. The van der Waals surface area contributed by atoms with E-state index in [9.17, 15) is 30.0 Å². The van der Waals surface area contributed by atoms with Crippen molar-refractivity contribution in [3.05, 3.63) is 84.5 Å². The summed E-state index contributed by atoms with van der Waals surface area (Å²) in [4.78, 5) is 42.3. The number of aliphatic imine (C=N–C) groups is 3. The fraction of sp³-hybridized carbons (Fsp3) is 0.574. The molecule has 10 nitrogen and oxygen atoms in total. The summed E-state index contributed by atoms with van der Waals surface area (Å²) in [5, 5.41) is 43.0. The average Bonchev–Trinajstić information content (AvgIpc) is 3.91. The molecule has 0 saturated heterocycles. The number of H-pyrrole nitrogens is 1. The minimum atomic E-state index is -0.973. The first-order chi connectivity index (χ1) is 30.5. The third kappa shape index (κ3) is 13.1. The first-order valence-electron chi connectivity index (χ1n) is 24.2. The maximum absolute atomic E-state index is 12.0. The standard InChI is InChI=1S/C54H76N4O6/c1-10-39-36(7)44-29-50-54(51(60)22-14-21-35(6)20-13-19-34(5)18-12-17-33(4)16-11-15-32(2)3)38(9)45(57-50)28-49-42(31-59)41(24-26-53(63)64)48(58-49)30-47-40(23-25-52(61)62)37(8)43(56-47)27-46(39)55-44/h27-35,51,58-60H,10-26H2,1-9H3,(H,61,62)(H,63,64). The minimum Gasteiger partial charge on any atom is -0.515 e. The molecule has 0 spiro atoms. The van der Waals surface area contributed by atoms with Gasteiger partial charge in [0.2, 0.25) is 0 Å². The second kappa shape index (κ2) is 23.4. The van der Waals surface area contributed by atoms with Gasteiger partial charge in [-0.15, -0.1) is 0 Å². The molecule has 348 valence electrons. The summed E-state index contributed by atoms with van der Waals surface area (Å²) in [6.07, 6.45) is 23.0. The van der Waals surface area contributed by atoms with Crippen LogP contribution in [0.15, 0.2) is 77.7 Å². The lowest BCUT2D eigenvalue weighted by Gasteiger charge is -2.18. The van der Waals surface area contributed by atoms with Crippen molar-refractivity contribution in [2.75, 3.05) is 0 Å². The monoisotopic (exact) mass is 877 g/mol. The molecule has 64 heavy (non-hydrogen) atoms. The van der Waals surface area contributed by atoms with Crippen LogP contribution in [0, 0.1) is 23.7 Å². The van der Waals surface area contributed by atoms with Gasteiger partial charge >= 0.3 is 11.9 Å². The smallest absolute Gasteiger partial charge is 0.303 e. The van der Waals surface area contributed by atoms with Crippen LogP contribution in [0.2, 0.25) is 0 Å². The number of fused-ring (bicyclic) bond motifs is 5. The van der Waals surface area contributed by atoms with Crippen molar-refractivity contribution >= 4 is 47.5 Å². The molecule has 1 aromatic heterocycles. The van der Waals surface area contributed by atoms with Gasteiger partial charge in [-0.25, -0.2) is 15.0 Å². The van der Waals surface area contributed by atoms with E-state index < -0.39 is 18.0 Å². The molecule has 0 fully saturated rings. The Hall–Kier alpha value is -4.83. The number of aromatic amines is 1. The minimum absolute atomic E-state index is 0.0830. The van der Waals surface area contributed by atoms with Crippen LogP contribution in [0.3, 0.4) is 0 Å². The van der Waals surface area contributed by atoms with Crippen LogP contribution in [-0.4, -0.2) is 60.6 Å². The molecule has 0 aliphatic carbocycles. The number of nitrogens with zero attached hydrogens (tertiary/aromatic N) is 3. The van der Waals surface area contributed by atoms with Gasteiger partial charge in [-0.3, -0.25) is 9.59 Å². The molecule has 4 atom stereocenters. The van der Waals surface area contributed by atoms with E-state index in [2.05, 4.69) is 53.5 Å². The molecule has 0 amide bonds. The Balaban J connectivity index is 1.40. The molecule has 5 N–H and O–H groups in total. The molecular formula is C54H76N4O6. The summed E-state index contributed by atoms with van der Waals surface area (Å²) in [5.41, 5.74) is 10.5. The molecule has 4 aliphatic heterocycles. The normalized spacial score (nSPS) is 18.5. The molecule has 5 rings (SSSR count). The zero-order valence-electron chi connectivity index (χ0n) is 40.2. The zero-order valence-corrected chi connectivity index (χ0v) is 40.2. The van der Waals surface area contributed by atoms with Crippen molar-refractivity contribution in [2.24, 2.45) is 38.6 Å². The van der Waals surface area contributed by atoms with E-state index in [4.69, 9.17) is 15.0 Å². The Kier molecular flexibility index (Phi) is 18.3. The van der Waals surface area contributed by atoms with Gasteiger partial charge in [-0.05, 0) is 128 Å². The number of nitrogens with one attached hydrogen (secondary N) is 1. The van der Waals surface area contributed by atoms with E-state index in [1.807, 2.05) is 38.2 Å². The van der Waals surface area contributed by atoms with Crippen molar-refractivity contribution in [1.82, 2.24) is 4.98 Å². The highest BCUT2D eigenvalue weighted by molar-refractivity contribution is 6.24. The predicted molar refractivity (Wildman–Crippen MR) is 263 cm³/mol. The number of aliphatic hydroxyl groups excluding tert-OH is 2. The lowest BCUT2D eigenvalue weighted by atomic mass is 9.89. The van der Waals surface area contributed by atoms with E-state index in [-0.39, 0.29) is 25.7 Å². The summed E-state index contributed by atoms with van der Waals surface area (Å²) in [5.74, 6) is 1.06. The summed E-state index contributed by atoms with van der Waals surface area (Å²) < 4.78 is 0. The third-order valence-corrected chi connectivity index (χ3v) is 13.8. The molecule has 4 aliphatic rings. The molecule has 5 heterocycles. The van der Waals surface area contributed by atoms with Gasteiger partial charge in [-0.1, -0.05) is 112 Å². The lowest BCUT2D eigenvalue weighted by Crippen LogP contribution is -2.27. The number of hydrogen-bond donors (Lipinski definition) is 5. The molecule has 1 aromatic rings. The van der Waals surface area contributed by atoms with Crippen molar-refractivity contribution in [3.63, 3.8) is 0 Å². The van der Waals surface area contributed by atoms with Crippen molar-refractivity contribution in [2.45, 2.75) is 178 Å². The van der Waals surface area contributed by atoms with Gasteiger partial charge in [0.15, 0.2) is 0 Å². The van der Waals surface area contributed by atoms with E-state index in [1.54, 1.807) is 0 Å². The van der Waals surface area contributed by atoms with E-state index >= 15 is 0 Å². The number of carbonyl (C=O) groups is 2. The fourth-order valence-corrected chi connectivity index (χ4v) is 9.80. The number of carboxylic acids is 2. The SMILES string of the molecule is CCC1=C(C)C2=NC1=CC1=NC(=Cc3[nH]c(c(=CO)c3CCC(=O)O)=CC3=NC(=C2)C(C(O)CCCC(C)CCCC(C)CCCC(C)CCCC(C)C)=C3C)C(CCC(=O)O)=C1C. The predicted octanol–water partition coefficient (Wildman–Crippen LogP) is 11.4. The number of allylic oxidation sites excluding steroid dienone is 7. The maximum atomic E-state index is 12.0. The molecule has 0 radical (unpaired) electrons. The van der Waals surface area contributed by atoms with Crippen LogP contribution in [-0.2, 0) is 16.0 Å². The third-order valence-electron chi connectivity index (χ3n) is 13.8. The van der Waals surface area contributed by atoms with E-state index in [1.165, 1.54) is 57.8 Å². The number of aliphatic hydroxyl groups is 2. The second-order valence-electron chi connectivity index (χ2n) is 19.5. The van der Waals surface area contributed by atoms with Crippen molar-refractivity contribution < 1.29 is 30.0 Å². The quantitative estimate of drug-likeness (QED) is 0.0693. The topological polar surface area (TPSA) is 168 Å². The van der Waals surface area contributed by atoms with Gasteiger partial charge in [0, 0.05) is 29.3 Å². The highest BCUT2D eigenvalue weighted by atomic mass is 16.4. The largest absolute Gasteiger partial charge is 0.515 e. The molecule has 8 bridgehead atoms. The van der Waals surface area contributed by atoms with E-state index in [0.717, 1.165) is 88.1 Å². The van der Waals surface area contributed by atoms with Gasteiger partial charge in [0.05, 0.1) is 51.9 Å².